The van der Waals surface area contributed by atoms with E-state index in [1.54, 1.807) is 7.11 Å². The Hall–Kier alpha value is -1.18. The van der Waals surface area contributed by atoms with E-state index in [4.69, 9.17) is 16.3 Å². The third-order valence-electron chi connectivity index (χ3n) is 3.67. The third-order valence-corrected chi connectivity index (χ3v) is 3.85. The van der Waals surface area contributed by atoms with Crippen LogP contribution in [0.2, 0.25) is 5.15 Å². The molecule has 112 valence electrons. The van der Waals surface area contributed by atoms with Crippen molar-refractivity contribution in [1.82, 2.24) is 14.7 Å². The zero-order valence-corrected chi connectivity index (χ0v) is 12.3. The first-order valence-electron chi connectivity index (χ1n) is 6.69. The molecule has 7 nitrogen and oxygen atoms in total. The molecule has 1 saturated heterocycles. The van der Waals surface area contributed by atoms with Crippen LogP contribution in [0.25, 0.3) is 0 Å². The molecule has 0 unspecified atom stereocenters. The number of rotatable bonds is 6. The Balaban J connectivity index is 1.88. The predicted octanol–water partition coefficient (Wildman–Crippen LogP) is 1.80. The van der Waals surface area contributed by atoms with Crippen molar-refractivity contribution in [3.05, 3.63) is 21.3 Å². The first-order chi connectivity index (χ1) is 9.60. The number of likely N-dealkylation sites (tertiary alicyclic amines) is 1. The van der Waals surface area contributed by atoms with Gasteiger partial charge in [-0.3, -0.25) is 0 Å². The van der Waals surface area contributed by atoms with Crippen LogP contribution < -0.4 is 0 Å². The number of nitrogens with zero attached hydrogens (tertiary/aromatic N) is 4. The Bertz CT molecular complexity index is 458. The molecule has 1 aromatic rings. The summed E-state index contributed by atoms with van der Waals surface area (Å²) in [4.78, 5) is 12.8. The molecule has 0 amide bonds. The lowest BCUT2D eigenvalue weighted by Crippen LogP contribution is -2.37. The largest absolute Gasteiger partial charge is 0.383 e. The van der Waals surface area contributed by atoms with Gasteiger partial charge in [0.05, 0.1) is 12.7 Å². The normalized spacial score (nSPS) is 17.5. The molecule has 0 N–H and O–H groups in total. The van der Waals surface area contributed by atoms with Crippen LogP contribution >= 0.6 is 11.6 Å². The Morgan fingerprint density at radius 2 is 2.25 bits per heavy atom. The number of piperidine rings is 1. The number of ether oxygens (including phenoxy) is 1. The molecule has 0 saturated carbocycles. The molecule has 2 rings (SSSR count). The Morgan fingerprint density at radius 3 is 2.85 bits per heavy atom. The van der Waals surface area contributed by atoms with Gasteiger partial charge in [0, 0.05) is 19.6 Å². The fraction of sp³-hybridized carbons (Fsp3) is 0.750. The molecule has 1 aliphatic rings. The van der Waals surface area contributed by atoms with Crippen LogP contribution in [-0.4, -0.2) is 53.0 Å². The number of methoxy groups -OCH3 is 1. The first-order valence-corrected chi connectivity index (χ1v) is 7.07. The molecule has 0 radical (unpaired) electrons. The van der Waals surface area contributed by atoms with Crippen molar-refractivity contribution >= 4 is 17.4 Å². The standard InChI is InChI=1S/C12H19ClN4O3/c1-20-7-6-15-4-2-10(3-5-15)9-16-12(17(18)19)8-11(13)14-16/h8,10H,2-7,9H2,1H3. The second-order valence-corrected chi connectivity index (χ2v) is 5.43. The molecule has 1 fully saturated rings. The number of halogens is 1. The van der Waals surface area contributed by atoms with Gasteiger partial charge in [0.2, 0.25) is 0 Å². The van der Waals surface area contributed by atoms with E-state index in [1.807, 2.05) is 0 Å². The van der Waals surface area contributed by atoms with Gasteiger partial charge >= 0.3 is 5.82 Å². The summed E-state index contributed by atoms with van der Waals surface area (Å²) in [6.45, 7) is 4.23. The minimum Gasteiger partial charge on any atom is -0.383 e. The van der Waals surface area contributed by atoms with Gasteiger partial charge in [-0.1, -0.05) is 16.7 Å². The van der Waals surface area contributed by atoms with Crippen LogP contribution in [-0.2, 0) is 11.3 Å². The van der Waals surface area contributed by atoms with Crippen molar-refractivity contribution in [2.45, 2.75) is 19.4 Å². The summed E-state index contributed by atoms with van der Waals surface area (Å²) in [7, 11) is 1.70. The van der Waals surface area contributed by atoms with Crippen LogP contribution in [0.5, 0.6) is 0 Å². The molecular formula is C12H19ClN4O3. The van der Waals surface area contributed by atoms with Gasteiger partial charge in [0.15, 0.2) is 5.15 Å². The van der Waals surface area contributed by atoms with Crippen LogP contribution in [0.1, 0.15) is 12.8 Å². The van der Waals surface area contributed by atoms with E-state index in [2.05, 4.69) is 10.00 Å². The molecular weight excluding hydrogens is 284 g/mol. The lowest BCUT2D eigenvalue weighted by molar-refractivity contribution is -0.392. The van der Waals surface area contributed by atoms with E-state index in [9.17, 15) is 10.1 Å². The summed E-state index contributed by atoms with van der Waals surface area (Å²) in [5.41, 5.74) is 0. The SMILES string of the molecule is COCCN1CCC(Cn2nc(Cl)cc2[N+](=O)[O-])CC1. The Labute approximate surface area is 122 Å². The lowest BCUT2D eigenvalue weighted by Gasteiger charge is -2.30. The Morgan fingerprint density at radius 1 is 1.55 bits per heavy atom. The quantitative estimate of drug-likeness (QED) is 0.592. The molecule has 1 aromatic heterocycles. The number of nitro groups is 1. The van der Waals surface area contributed by atoms with E-state index in [0.29, 0.717) is 12.5 Å². The average Bonchev–Trinajstić information content (AvgIpc) is 2.79. The topological polar surface area (TPSA) is 73.4 Å². The van der Waals surface area contributed by atoms with E-state index < -0.39 is 4.92 Å². The highest BCUT2D eigenvalue weighted by Crippen LogP contribution is 2.23. The van der Waals surface area contributed by atoms with Gasteiger partial charge < -0.3 is 19.8 Å². The maximum absolute atomic E-state index is 10.9. The summed E-state index contributed by atoms with van der Waals surface area (Å²) in [5, 5.41) is 15.1. The molecule has 0 spiro atoms. The van der Waals surface area contributed by atoms with Gasteiger partial charge in [-0.2, -0.15) is 0 Å². The van der Waals surface area contributed by atoms with Crippen molar-refractivity contribution in [2.75, 3.05) is 33.4 Å². The van der Waals surface area contributed by atoms with E-state index in [0.717, 1.165) is 39.1 Å². The third kappa shape index (κ3) is 3.91. The van der Waals surface area contributed by atoms with E-state index in [-0.39, 0.29) is 11.0 Å². The van der Waals surface area contributed by atoms with Gasteiger partial charge in [0.1, 0.15) is 6.54 Å². The fourth-order valence-corrected chi connectivity index (χ4v) is 2.70. The smallest absolute Gasteiger partial charge is 0.346 e. The van der Waals surface area contributed by atoms with Crippen molar-refractivity contribution in [2.24, 2.45) is 5.92 Å². The van der Waals surface area contributed by atoms with Crippen molar-refractivity contribution < 1.29 is 9.66 Å². The highest BCUT2D eigenvalue weighted by atomic mass is 35.5. The van der Waals surface area contributed by atoms with Crippen LogP contribution in [0.4, 0.5) is 5.82 Å². The van der Waals surface area contributed by atoms with E-state index >= 15 is 0 Å². The van der Waals surface area contributed by atoms with Gasteiger partial charge in [-0.05, 0) is 30.9 Å². The summed E-state index contributed by atoms with van der Waals surface area (Å²) in [6, 6.07) is 1.30. The van der Waals surface area contributed by atoms with Crippen molar-refractivity contribution in [3.63, 3.8) is 0 Å². The summed E-state index contributed by atoms with van der Waals surface area (Å²) in [5.74, 6) is 0.375. The van der Waals surface area contributed by atoms with Crippen molar-refractivity contribution in [3.8, 4) is 0 Å². The molecule has 8 heteroatoms. The zero-order valence-electron chi connectivity index (χ0n) is 11.5. The van der Waals surface area contributed by atoms with Gasteiger partial charge in [-0.15, -0.1) is 4.68 Å². The van der Waals surface area contributed by atoms with Crippen LogP contribution in [0.15, 0.2) is 6.07 Å². The van der Waals surface area contributed by atoms with E-state index in [1.165, 1.54) is 10.7 Å². The number of hydrogen-bond donors (Lipinski definition) is 0. The molecule has 20 heavy (non-hydrogen) atoms. The Kier molecular flexibility index (Phi) is 5.33. The molecule has 0 aromatic carbocycles. The predicted molar refractivity (Wildman–Crippen MR) is 74.9 cm³/mol. The average molecular weight is 303 g/mol. The molecule has 0 bridgehead atoms. The zero-order chi connectivity index (χ0) is 14.5. The second-order valence-electron chi connectivity index (χ2n) is 5.04. The van der Waals surface area contributed by atoms with Crippen molar-refractivity contribution in [1.29, 1.82) is 0 Å². The lowest BCUT2D eigenvalue weighted by atomic mass is 9.97. The summed E-state index contributed by atoms with van der Waals surface area (Å²) >= 11 is 5.75. The maximum Gasteiger partial charge on any atom is 0.346 e. The monoisotopic (exact) mass is 302 g/mol. The van der Waals surface area contributed by atoms with Gasteiger partial charge in [-0.25, -0.2) is 0 Å². The van der Waals surface area contributed by atoms with Gasteiger partial charge in [0.25, 0.3) is 0 Å². The van der Waals surface area contributed by atoms with Crippen LogP contribution in [0, 0.1) is 16.0 Å². The number of hydrogen-bond acceptors (Lipinski definition) is 5. The second kappa shape index (κ2) is 7.01. The first kappa shape index (κ1) is 15.2. The number of aromatic nitrogens is 2. The summed E-state index contributed by atoms with van der Waals surface area (Å²) in [6.07, 6.45) is 2.02. The fourth-order valence-electron chi connectivity index (χ4n) is 2.52. The minimum absolute atomic E-state index is 0.0307. The minimum atomic E-state index is -0.438. The molecule has 2 heterocycles. The molecule has 0 aliphatic carbocycles. The van der Waals surface area contributed by atoms with Crippen LogP contribution in [0.3, 0.4) is 0 Å². The summed E-state index contributed by atoms with van der Waals surface area (Å²) < 4.78 is 6.48. The molecule has 1 aliphatic heterocycles. The maximum atomic E-state index is 10.9. The molecule has 0 atom stereocenters. The highest BCUT2D eigenvalue weighted by molar-refractivity contribution is 6.29. The highest BCUT2D eigenvalue weighted by Gasteiger charge is 2.25.